The Balaban J connectivity index is 1.50. The van der Waals surface area contributed by atoms with Gasteiger partial charge in [0.25, 0.3) is 5.91 Å². The summed E-state index contributed by atoms with van der Waals surface area (Å²) in [6.07, 6.45) is 1.91. The molecule has 3 rings (SSSR count). The summed E-state index contributed by atoms with van der Waals surface area (Å²) in [7, 11) is 0. The van der Waals surface area contributed by atoms with Crippen LogP contribution in [0.4, 0.5) is 0 Å². The topological polar surface area (TPSA) is 50.2 Å². The van der Waals surface area contributed by atoms with Crippen molar-refractivity contribution in [2.75, 3.05) is 13.1 Å². The Morgan fingerprint density at radius 3 is 2.65 bits per heavy atom. The van der Waals surface area contributed by atoms with Crippen LogP contribution in [0.5, 0.6) is 0 Å². The van der Waals surface area contributed by atoms with E-state index in [2.05, 4.69) is 15.3 Å². The number of hydrogen-bond acceptors (Lipinski definition) is 5. The first kappa shape index (κ1) is 16.3. The summed E-state index contributed by atoms with van der Waals surface area (Å²) < 4.78 is 2.71. The molecule has 7 heteroatoms. The van der Waals surface area contributed by atoms with Crippen molar-refractivity contribution < 1.29 is 4.79 Å². The van der Waals surface area contributed by atoms with Gasteiger partial charge in [-0.25, -0.2) is 4.68 Å². The Labute approximate surface area is 144 Å². The first-order valence-electron chi connectivity index (χ1n) is 7.74. The van der Waals surface area contributed by atoms with Crippen LogP contribution in [-0.2, 0) is 6.67 Å². The van der Waals surface area contributed by atoms with Gasteiger partial charge in [0, 0.05) is 24.7 Å². The minimum Gasteiger partial charge on any atom is -0.349 e. The van der Waals surface area contributed by atoms with Gasteiger partial charge in [0.1, 0.15) is 5.01 Å². The van der Waals surface area contributed by atoms with E-state index in [9.17, 15) is 4.79 Å². The Bertz CT molecular complexity index is 717. The minimum absolute atomic E-state index is 0.0152. The Kier molecular flexibility index (Phi) is 5.20. The van der Waals surface area contributed by atoms with Gasteiger partial charge in [-0.3, -0.25) is 9.69 Å². The molecule has 1 aromatic heterocycles. The highest BCUT2D eigenvalue weighted by atomic mass is 32.1. The highest BCUT2D eigenvalue weighted by molar-refractivity contribution is 7.73. The van der Waals surface area contributed by atoms with E-state index in [0.29, 0.717) is 0 Å². The molecule has 1 aliphatic rings. The number of aromatic nitrogens is 2. The van der Waals surface area contributed by atoms with Gasteiger partial charge in [-0.1, -0.05) is 29.5 Å². The molecular weight excluding hydrogens is 328 g/mol. The number of carbonyl (C=O) groups excluding carboxylic acids is 1. The van der Waals surface area contributed by atoms with Crippen LogP contribution in [0, 0.1) is 10.9 Å². The summed E-state index contributed by atoms with van der Waals surface area (Å²) in [5.41, 5.74) is 0.721. The number of piperidine rings is 1. The predicted molar refractivity (Wildman–Crippen MR) is 94.2 cm³/mol. The lowest BCUT2D eigenvalue weighted by molar-refractivity contribution is 0.0896. The number of nitrogens with one attached hydrogen (secondary N) is 1. The zero-order chi connectivity index (χ0) is 16.2. The van der Waals surface area contributed by atoms with E-state index in [1.54, 1.807) is 11.3 Å². The lowest BCUT2D eigenvalue weighted by Crippen LogP contribution is -2.45. The Hall–Kier alpha value is -1.57. The number of aryl methyl sites for hydroxylation is 1. The minimum atomic E-state index is 0.0152. The Morgan fingerprint density at radius 2 is 2.04 bits per heavy atom. The van der Waals surface area contributed by atoms with Gasteiger partial charge >= 0.3 is 0 Å². The third-order valence-corrected chi connectivity index (χ3v) is 5.22. The molecule has 122 valence electrons. The molecule has 1 saturated heterocycles. The first-order chi connectivity index (χ1) is 11.1. The highest BCUT2D eigenvalue weighted by Gasteiger charge is 2.21. The molecule has 23 heavy (non-hydrogen) atoms. The van der Waals surface area contributed by atoms with Gasteiger partial charge in [0.15, 0.2) is 3.95 Å². The molecule has 0 atom stereocenters. The van der Waals surface area contributed by atoms with Crippen LogP contribution in [0.15, 0.2) is 30.3 Å². The summed E-state index contributed by atoms with van der Waals surface area (Å²) in [4.78, 5) is 14.5. The van der Waals surface area contributed by atoms with E-state index < -0.39 is 0 Å². The maximum atomic E-state index is 12.2. The average molecular weight is 348 g/mol. The van der Waals surface area contributed by atoms with Gasteiger partial charge < -0.3 is 5.32 Å². The zero-order valence-corrected chi connectivity index (χ0v) is 14.7. The van der Waals surface area contributed by atoms with Crippen molar-refractivity contribution in [2.45, 2.75) is 32.5 Å². The van der Waals surface area contributed by atoms with Crippen molar-refractivity contribution in [3.8, 4) is 0 Å². The molecule has 0 aliphatic carbocycles. The number of carbonyl (C=O) groups is 1. The molecule has 0 unspecified atom stereocenters. The van der Waals surface area contributed by atoms with Crippen molar-refractivity contribution in [1.82, 2.24) is 20.0 Å². The summed E-state index contributed by atoms with van der Waals surface area (Å²) in [5.74, 6) is 0.0152. The second kappa shape index (κ2) is 7.33. The van der Waals surface area contributed by atoms with Gasteiger partial charge in [0.05, 0.1) is 6.67 Å². The van der Waals surface area contributed by atoms with E-state index in [4.69, 9.17) is 12.2 Å². The first-order valence-corrected chi connectivity index (χ1v) is 8.97. The van der Waals surface area contributed by atoms with Crippen molar-refractivity contribution in [1.29, 1.82) is 0 Å². The third-order valence-electron chi connectivity index (χ3n) is 4.00. The average Bonchev–Trinajstić information content (AvgIpc) is 2.87. The highest BCUT2D eigenvalue weighted by Crippen LogP contribution is 2.14. The van der Waals surface area contributed by atoms with Crippen molar-refractivity contribution in [3.63, 3.8) is 0 Å². The Morgan fingerprint density at radius 1 is 1.35 bits per heavy atom. The quantitative estimate of drug-likeness (QED) is 0.863. The predicted octanol–water partition coefficient (Wildman–Crippen LogP) is 2.83. The number of amides is 1. The smallest absolute Gasteiger partial charge is 0.251 e. The normalized spacial score (nSPS) is 16.4. The lowest BCUT2D eigenvalue weighted by Gasteiger charge is -2.32. The third kappa shape index (κ3) is 4.25. The second-order valence-electron chi connectivity index (χ2n) is 5.76. The summed E-state index contributed by atoms with van der Waals surface area (Å²) in [5, 5.41) is 8.56. The maximum absolute atomic E-state index is 12.2. The van der Waals surface area contributed by atoms with Gasteiger partial charge in [-0.15, -0.1) is 0 Å². The molecule has 1 aliphatic heterocycles. The molecule has 0 spiro atoms. The van der Waals surface area contributed by atoms with Crippen LogP contribution in [-0.4, -0.2) is 39.7 Å². The number of rotatable bonds is 4. The largest absolute Gasteiger partial charge is 0.349 e. The molecule has 2 heterocycles. The summed E-state index contributed by atoms with van der Waals surface area (Å²) in [6, 6.07) is 9.62. The summed E-state index contributed by atoms with van der Waals surface area (Å²) >= 11 is 6.86. The fourth-order valence-corrected chi connectivity index (χ4v) is 3.82. The SMILES string of the molecule is Cc1nn(CN2CCC(NC(=O)c3ccccc3)CC2)c(=S)s1. The molecule has 1 aromatic carbocycles. The zero-order valence-electron chi connectivity index (χ0n) is 13.1. The van der Waals surface area contributed by atoms with Crippen LogP contribution < -0.4 is 5.32 Å². The van der Waals surface area contributed by atoms with Crippen LogP contribution in [0.1, 0.15) is 28.2 Å². The molecular formula is C16H20N4OS2. The van der Waals surface area contributed by atoms with Gasteiger partial charge in [0.2, 0.25) is 0 Å². The van der Waals surface area contributed by atoms with Crippen molar-refractivity contribution >= 4 is 29.5 Å². The van der Waals surface area contributed by atoms with Crippen LogP contribution >= 0.6 is 23.6 Å². The van der Waals surface area contributed by atoms with E-state index in [-0.39, 0.29) is 11.9 Å². The second-order valence-corrected chi connectivity index (χ2v) is 7.59. The molecule has 0 radical (unpaired) electrons. The van der Waals surface area contributed by atoms with Crippen LogP contribution in [0.25, 0.3) is 0 Å². The van der Waals surface area contributed by atoms with Gasteiger partial charge in [-0.2, -0.15) is 5.10 Å². The van der Waals surface area contributed by atoms with Crippen molar-refractivity contribution in [2.24, 2.45) is 0 Å². The summed E-state index contributed by atoms with van der Waals surface area (Å²) in [6.45, 7) is 4.60. The van der Waals surface area contributed by atoms with Gasteiger partial charge in [-0.05, 0) is 44.1 Å². The maximum Gasteiger partial charge on any atom is 0.251 e. The molecule has 0 saturated carbocycles. The molecule has 1 amide bonds. The number of hydrogen-bond donors (Lipinski definition) is 1. The van der Waals surface area contributed by atoms with Crippen LogP contribution in [0.2, 0.25) is 0 Å². The van der Waals surface area contributed by atoms with E-state index >= 15 is 0 Å². The molecule has 1 fully saturated rings. The number of nitrogens with zero attached hydrogens (tertiary/aromatic N) is 3. The standard InChI is InChI=1S/C16H20N4OS2/c1-12-18-20(16(22)23-12)11-19-9-7-14(8-10-19)17-15(21)13-5-3-2-4-6-13/h2-6,14H,7-11H2,1H3,(H,17,21). The molecule has 0 bridgehead atoms. The van der Waals surface area contributed by atoms with Crippen LogP contribution in [0.3, 0.4) is 0 Å². The molecule has 1 N–H and O–H groups in total. The lowest BCUT2D eigenvalue weighted by atomic mass is 10.0. The van der Waals surface area contributed by atoms with E-state index in [1.165, 1.54) is 0 Å². The molecule has 2 aromatic rings. The molecule has 5 nitrogen and oxygen atoms in total. The fraction of sp³-hybridized carbons (Fsp3) is 0.438. The van der Waals surface area contributed by atoms with Crippen molar-refractivity contribution in [3.05, 3.63) is 44.9 Å². The monoisotopic (exact) mass is 348 g/mol. The number of benzene rings is 1. The van der Waals surface area contributed by atoms with E-state index in [1.807, 2.05) is 41.9 Å². The van der Waals surface area contributed by atoms with E-state index in [0.717, 1.165) is 47.1 Å². The fourth-order valence-electron chi connectivity index (χ4n) is 2.77. The number of likely N-dealkylation sites (tertiary alicyclic amines) is 1.